The Morgan fingerprint density at radius 1 is 1.29 bits per heavy atom. The van der Waals surface area contributed by atoms with Crippen LogP contribution in [0.25, 0.3) is 0 Å². The molecule has 1 N–H and O–H groups in total. The van der Waals surface area contributed by atoms with Crippen LogP contribution in [-0.2, 0) is 13.6 Å². The number of hydrogen-bond acceptors (Lipinski definition) is 2. The molecule has 1 aromatic heterocycles. The Kier molecular flexibility index (Phi) is 3.38. The van der Waals surface area contributed by atoms with Crippen molar-refractivity contribution in [3.63, 3.8) is 0 Å². The zero-order valence-electron chi connectivity index (χ0n) is 10.3. The summed E-state index contributed by atoms with van der Waals surface area (Å²) < 4.78 is 1.86. The second-order valence-electron chi connectivity index (χ2n) is 4.22. The Bertz CT molecular complexity index is 512. The van der Waals surface area contributed by atoms with E-state index in [1.54, 1.807) is 0 Å². The molecule has 0 bridgehead atoms. The zero-order chi connectivity index (χ0) is 12.4. The first-order valence-electron chi connectivity index (χ1n) is 5.56. The molecule has 4 heteroatoms. The smallest absolute Gasteiger partial charge is 0.148 e. The molecule has 17 heavy (non-hydrogen) atoms. The van der Waals surface area contributed by atoms with E-state index in [2.05, 4.69) is 17.3 Å². The van der Waals surface area contributed by atoms with Gasteiger partial charge in [-0.25, -0.2) is 0 Å². The molecule has 0 fully saturated rings. The van der Waals surface area contributed by atoms with Crippen molar-refractivity contribution in [2.75, 3.05) is 5.32 Å². The Morgan fingerprint density at radius 3 is 2.65 bits per heavy atom. The van der Waals surface area contributed by atoms with Crippen LogP contribution in [-0.4, -0.2) is 9.78 Å². The highest BCUT2D eigenvalue weighted by atomic mass is 35.5. The average molecular weight is 250 g/mol. The molecule has 0 aliphatic carbocycles. The molecule has 0 aliphatic heterocycles. The van der Waals surface area contributed by atoms with Crippen molar-refractivity contribution in [3.05, 3.63) is 46.1 Å². The van der Waals surface area contributed by atoms with Crippen molar-refractivity contribution in [3.8, 4) is 0 Å². The van der Waals surface area contributed by atoms with Gasteiger partial charge in [0.25, 0.3) is 0 Å². The molecule has 0 spiro atoms. The Balaban J connectivity index is 2.07. The normalized spacial score (nSPS) is 10.6. The van der Waals surface area contributed by atoms with Crippen molar-refractivity contribution in [2.45, 2.75) is 20.4 Å². The number of benzene rings is 1. The number of hydrogen-bond donors (Lipinski definition) is 1. The minimum absolute atomic E-state index is 0.763. The van der Waals surface area contributed by atoms with Crippen molar-refractivity contribution in [1.82, 2.24) is 9.78 Å². The van der Waals surface area contributed by atoms with Crippen LogP contribution < -0.4 is 5.32 Å². The van der Waals surface area contributed by atoms with Gasteiger partial charge in [-0.2, -0.15) is 5.10 Å². The molecule has 0 unspecified atom stereocenters. The van der Waals surface area contributed by atoms with E-state index < -0.39 is 0 Å². The Morgan fingerprint density at radius 2 is 2.06 bits per heavy atom. The molecule has 3 nitrogen and oxygen atoms in total. The van der Waals surface area contributed by atoms with Gasteiger partial charge in [-0.15, -0.1) is 0 Å². The highest BCUT2D eigenvalue weighted by Crippen LogP contribution is 2.16. The molecule has 2 rings (SSSR count). The number of rotatable bonds is 3. The summed E-state index contributed by atoms with van der Waals surface area (Å²) in [5.74, 6) is 0.902. The van der Waals surface area contributed by atoms with Crippen molar-refractivity contribution in [1.29, 1.82) is 0 Å². The van der Waals surface area contributed by atoms with Crippen LogP contribution in [0.4, 0.5) is 5.82 Å². The maximum atomic E-state index is 5.92. The van der Waals surface area contributed by atoms with E-state index >= 15 is 0 Å². The van der Waals surface area contributed by atoms with Gasteiger partial charge in [0, 0.05) is 30.4 Å². The van der Waals surface area contributed by atoms with E-state index in [0.29, 0.717) is 0 Å². The average Bonchev–Trinajstić information content (AvgIpc) is 2.57. The standard InChI is InChI=1S/C13H16ClN3/c1-9-6-12(14)5-4-11(9)8-15-13-7-10(2)17(3)16-13/h4-7H,8H2,1-3H3,(H,15,16). The first kappa shape index (κ1) is 12.0. The molecule has 0 saturated carbocycles. The van der Waals surface area contributed by atoms with Gasteiger partial charge >= 0.3 is 0 Å². The third-order valence-electron chi connectivity index (χ3n) is 2.88. The fourth-order valence-corrected chi connectivity index (χ4v) is 1.92. The maximum Gasteiger partial charge on any atom is 0.148 e. The summed E-state index contributed by atoms with van der Waals surface area (Å²) >= 11 is 5.92. The van der Waals surface area contributed by atoms with Gasteiger partial charge in [0.1, 0.15) is 5.82 Å². The van der Waals surface area contributed by atoms with Gasteiger partial charge in [-0.1, -0.05) is 17.7 Å². The number of nitrogens with zero attached hydrogens (tertiary/aromatic N) is 2. The number of aryl methyl sites for hydroxylation is 3. The SMILES string of the molecule is Cc1cc(Cl)ccc1CNc1cc(C)n(C)n1. The number of aromatic nitrogens is 2. The lowest BCUT2D eigenvalue weighted by Gasteiger charge is -2.07. The summed E-state index contributed by atoms with van der Waals surface area (Å²) in [7, 11) is 1.94. The molecule has 0 amide bonds. The lowest BCUT2D eigenvalue weighted by Crippen LogP contribution is -2.02. The van der Waals surface area contributed by atoms with Gasteiger partial charge in [0.2, 0.25) is 0 Å². The molecule has 2 aromatic rings. The zero-order valence-corrected chi connectivity index (χ0v) is 11.0. The van der Waals surface area contributed by atoms with Crippen LogP contribution in [0.15, 0.2) is 24.3 Å². The molecular weight excluding hydrogens is 234 g/mol. The minimum Gasteiger partial charge on any atom is -0.365 e. The van der Waals surface area contributed by atoms with Crippen LogP contribution in [0.1, 0.15) is 16.8 Å². The Labute approximate surface area is 106 Å². The maximum absolute atomic E-state index is 5.92. The summed E-state index contributed by atoms with van der Waals surface area (Å²) in [5, 5.41) is 8.44. The van der Waals surface area contributed by atoms with E-state index in [1.807, 2.05) is 42.9 Å². The highest BCUT2D eigenvalue weighted by molar-refractivity contribution is 6.30. The summed E-state index contributed by atoms with van der Waals surface area (Å²) in [6.07, 6.45) is 0. The van der Waals surface area contributed by atoms with Gasteiger partial charge in [0.05, 0.1) is 0 Å². The van der Waals surface area contributed by atoms with Crippen LogP contribution in [0.5, 0.6) is 0 Å². The number of nitrogens with one attached hydrogen (secondary N) is 1. The molecule has 90 valence electrons. The van der Waals surface area contributed by atoms with E-state index in [9.17, 15) is 0 Å². The topological polar surface area (TPSA) is 29.9 Å². The summed E-state index contributed by atoms with van der Waals surface area (Å²) in [5.41, 5.74) is 3.57. The molecule has 1 aromatic carbocycles. The highest BCUT2D eigenvalue weighted by Gasteiger charge is 2.02. The quantitative estimate of drug-likeness (QED) is 0.905. The monoisotopic (exact) mass is 249 g/mol. The van der Waals surface area contributed by atoms with E-state index in [-0.39, 0.29) is 0 Å². The number of halogens is 1. The Hall–Kier alpha value is -1.48. The lowest BCUT2D eigenvalue weighted by molar-refractivity contribution is 0.741. The first-order valence-corrected chi connectivity index (χ1v) is 5.93. The van der Waals surface area contributed by atoms with Crippen LogP contribution in [0, 0.1) is 13.8 Å². The number of anilines is 1. The fraction of sp³-hybridized carbons (Fsp3) is 0.308. The molecule has 0 radical (unpaired) electrons. The molecule has 1 heterocycles. The van der Waals surface area contributed by atoms with E-state index in [4.69, 9.17) is 11.6 Å². The summed E-state index contributed by atoms with van der Waals surface area (Å²) in [6, 6.07) is 7.96. The molecule has 0 saturated heterocycles. The van der Waals surface area contributed by atoms with Crippen LogP contribution in [0.3, 0.4) is 0 Å². The lowest BCUT2D eigenvalue weighted by atomic mass is 10.1. The third-order valence-corrected chi connectivity index (χ3v) is 3.11. The van der Waals surface area contributed by atoms with Crippen LogP contribution in [0.2, 0.25) is 5.02 Å². The van der Waals surface area contributed by atoms with Crippen molar-refractivity contribution >= 4 is 17.4 Å². The predicted octanol–water partition coefficient (Wildman–Crippen LogP) is 3.30. The van der Waals surface area contributed by atoms with Crippen LogP contribution >= 0.6 is 11.6 Å². The second kappa shape index (κ2) is 4.80. The van der Waals surface area contributed by atoms with Crippen molar-refractivity contribution < 1.29 is 0 Å². The largest absolute Gasteiger partial charge is 0.365 e. The summed E-state index contributed by atoms with van der Waals surface area (Å²) in [4.78, 5) is 0. The van der Waals surface area contributed by atoms with Gasteiger partial charge < -0.3 is 5.32 Å². The fourth-order valence-electron chi connectivity index (χ4n) is 1.69. The van der Waals surface area contributed by atoms with Gasteiger partial charge in [-0.05, 0) is 37.1 Å². The summed E-state index contributed by atoms with van der Waals surface area (Å²) in [6.45, 7) is 4.86. The van der Waals surface area contributed by atoms with Gasteiger partial charge in [0.15, 0.2) is 0 Å². The predicted molar refractivity (Wildman–Crippen MR) is 71.5 cm³/mol. The van der Waals surface area contributed by atoms with Gasteiger partial charge in [-0.3, -0.25) is 4.68 Å². The minimum atomic E-state index is 0.763. The molecule has 0 aliphatic rings. The first-order chi connectivity index (χ1) is 8.06. The molecule has 0 atom stereocenters. The van der Waals surface area contributed by atoms with E-state index in [1.165, 1.54) is 11.1 Å². The molecular formula is C13H16ClN3. The third kappa shape index (κ3) is 2.80. The van der Waals surface area contributed by atoms with E-state index in [0.717, 1.165) is 23.1 Å². The van der Waals surface area contributed by atoms with Crippen molar-refractivity contribution in [2.24, 2.45) is 7.05 Å². The second-order valence-corrected chi connectivity index (χ2v) is 4.66.